The van der Waals surface area contributed by atoms with E-state index in [2.05, 4.69) is 4.98 Å². The first-order valence-electron chi connectivity index (χ1n) is 5.26. The van der Waals surface area contributed by atoms with Crippen LogP contribution in [0.2, 0.25) is 0 Å². The fourth-order valence-electron chi connectivity index (χ4n) is 1.87. The molecule has 90 valence electrons. The van der Waals surface area contributed by atoms with Crippen LogP contribution in [-0.2, 0) is 0 Å². The van der Waals surface area contributed by atoms with Gasteiger partial charge in [-0.05, 0) is 19.1 Å². The van der Waals surface area contributed by atoms with Gasteiger partial charge >= 0.3 is 0 Å². The summed E-state index contributed by atoms with van der Waals surface area (Å²) in [6.07, 6.45) is 1.80. The lowest BCUT2D eigenvalue weighted by Crippen LogP contribution is -1.96. The lowest BCUT2D eigenvalue weighted by Gasteiger charge is -2.14. The zero-order valence-electron chi connectivity index (χ0n) is 10.4. The van der Waals surface area contributed by atoms with E-state index in [1.807, 2.05) is 19.1 Å². The third-order valence-electron chi connectivity index (χ3n) is 2.66. The molecule has 0 amide bonds. The highest BCUT2D eigenvalue weighted by atomic mass is 16.5. The predicted octanol–water partition coefficient (Wildman–Crippen LogP) is 2.57. The summed E-state index contributed by atoms with van der Waals surface area (Å²) in [7, 11) is 4.82. The van der Waals surface area contributed by atoms with E-state index in [1.165, 1.54) is 0 Å². The van der Waals surface area contributed by atoms with E-state index in [0.29, 0.717) is 17.2 Å². The molecule has 0 unspecified atom stereocenters. The smallest absolute Gasteiger partial charge is 0.203 e. The second-order valence-corrected chi connectivity index (χ2v) is 3.69. The monoisotopic (exact) mass is 233 g/mol. The van der Waals surface area contributed by atoms with Crippen LogP contribution in [0.5, 0.6) is 17.2 Å². The summed E-state index contributed by atoms with van der Waals surface area (Å²) in [6.45, 7) is 1.94. The van der Waals surface area contributed by atoms with Gasteiger partial charge in [0.1, 0.15) is 0 Å². The minimum Gasteiger partial charge on any atom is -0.493 e. The fraction of sp³-hybridized carbons (Fsp3) is 0.308. The highest BCUT2D eigenvalue weighted by Crippen LogP contribution is 2.43. The number of fused-ring (bicyclic) bond motifs is 1. The van der Waals surface area contributed by atoms with Gasteiger partial charge in [0.2, 0.25) is 5.75 Å². The molecule has 0 atom stereocenters. The number of hydrogen-bond acceptors (Lipinski definition) is 4. The van der Waals surface area contributed by atoms with E-state index < -0.39 is 0 Å². The van der Waals surface area contributed by atoms with Crippen molar-refractivity contribution in [1.82, 2.24) is 4.98 Å². The Hall–Kier alpha value is -1.97. The van der Waals surface area contributed by atoms with Gasteiger partial charge in [0.05, 0.1) is 21.3 Å². The van der Waals surface area contributed by atoms with Crippen molar-refractivity contribution in [2.75, 3.05) is 21.3 Å². The molecule has 2 aromatic rings. The summed E-state index contributed by atoms with van der Waals surface area (Å²) in [4.78, 5) is 4.26. The molecule has 1 heterocycles. The van der Waals surface area contributed by atoms with Gasteiger partial charge in [0.25, 0.3) is 0 Å². The second kappa shape index (κ2) is 4.49. The van der Waals surface area contributed by atoms with Crippen molar-refractivity contribution in [3.8, 4) is 17.2 Å². The molecular formula is C13H15NO3. The molecule has 0 spiro atoms. The summed E-state index contributed by atoms with van der Waals surface area (Å²) >= 11 is 0. The number of hydrogen-bond donors (Lipinski definition) is 0. The highest BCUT2D eigenvalue weighted by Gasteiger charge is 2.15. The van der Waals surface area contributed by atoms with Crippen molar-refractivity contribution in [2.24, 2.45) is 0 Å². The van der Waals surface area contributed by atoms with E-state index in [4.69, 9.17) is 14.2 Å². The van der Waals surface area contributed by atoms with Crippen molar-refractivity contribution in [1.29, 1.82) is 0 Å². The van der Waals surface area contributed by atoms with Crippen LogP contribution in [0.15, 0.2) is 18.3 Å². The van der Waals surface area contributed by atoms with E-state index in [0.717, 1.165) is 16.5 Å². The molecule has 0 aliphatic heterocycles. The number of aromatic nitrogens is 1. The topological polar surface area (TPSA) is 40.6 Å². The third-order valence-corrected chi connectivity index (χ3v) is 2.66. The third kappa shape index (κ3) is 1.86. The Bertz CT molecular complexity index is 552. The number of nitrogens with zero attached hydrogens (tertiary/aromatic N) is 1. The molecule has 17 heavy (non-hydrogen) atoms. The Morgan fingerprint density at radius 2 is 1.65 bits per heavy atom. The average molecular weight is 233 g/mol. The van der Waals surface area contributed by atoms with E-state index in [-0.39, 0.29) is 0 Å². The standard InChI is InChI=1S/C13H15NO3/c1-8-5-10-9(7-14-8)6-11(15-2)13(17-4)12(10)16-3/h5-7H,1-4H3. The molecule has 1 aromatic carbocycles. The molecule has 0 aliphatic carbocycles. The lowest BCUT2D eigenvalue weighted by atomic mass is 10.1. The van der Waals surface area contributed by atoms with Gasteiger partial charge in [0, 0.05) is 22.7 Å². The summed E-state index contributed by atoms with van der Waals surface area (Å²) < 4.78 is 16.0. The van der Waals surface area contributed by atoms with E-state index in [1.54, 1.807) is 27.5 Å². The molecule has 0 N–H and O–H groups in total. The van der Waals surface area contributed by atoms with Crippen molar-refractivity contribution in [3.05, 3.63) is 24.0 Å². The number of aryl methyl sites for hydroxylation is 1. The van der Waals surface area contributed by atoms with Crippen LogP contribution in [0, 0.1) is 6.92 Å². The molecule has 0 saturated carbocycles. The Balaban J connectivity index is 2.84. The van der Waals surface area contributed by atoms with Gasteiger partial charge in [0.15, 0.2) is 11.5 Å². The molecule has 0 aliphatic rings. The maximum atomic E-state index is 5.41. The van der Waals surface area contributed by atoms with Crippen LogP contribution in [-0.4, -0.2) is 26.3 Å². The first-order chi connectivity index (χ1) is 8.21. The van der Waals surface area contributed by atoms with Gasteiger partial charge in [-0.3, -0.25) is 4.98 Å². The Labute approximate surface area is 100 Å². The minimum absolute atomic E-state index is 0.605. The first kappa shape index (κ1) is 11.5. The van der Waals surface area contributed by atoms with Crippen molar-refractivity contribution < 1.29 is 14.2 Å². The number of pyridine rings is 1. The first-order valence-corrected chi connectivity index (χ1v) is 5.26. The van der Waals surface area contributed by atoms with Crippen molar-refractivity contribution in [3.63, 3.8) is 0 Å². The molecule has 2 rings (SSSR count). The molecule has 1 aromatic heterocycles. The van der Waals surface area contributed by atoms with E-state index >= 15 is 0 Å². The number of methoxy groups -OCH3 is 3. The van der Waals surface area contributed by atoms with Gasteiger partial charge in [-0.1, -0.05) is 0 Å². The van der Waals surface area contributed by atoms with Crippen LogP contribution in [0.1, 0.15) is 5.69 Å². The highest BCUT2D eigenvalue weighted by molar-refractivity contribution is 5.92. The van der Waals surface area contributed by atoms with Crippen LogP contribution >= 0.6 is 0 Å². The van der Waals surface area contributed by atoms with Crippen LogP contribution in [0.3, 0.4) is 0 Å². The Kier molecular flexibility index (Phi) is 3.04. The molecule has 0 radical (unpaired) electrons. The molecule has 4 heteroatoms. The van der Waals surface area contributed by atoms with Gasteiger partial charge < -0.3 is 14.2 Å². The normalized spacial score (nSPS) is 10.4. The SMILES string of the molecule is COc1cc2cnc(C)cc2c(OC)c1OC. The van der Waals surface area contributed by atoms with Crippen molar-refractivity contribution >= 4 is 10.8 Å². The summed E-state index contributed by atoms with van der Waals surface area (Å²) in [6, 6.07) is 3.86. The maximum Gasteiger partial charge on any atom is 0.203 e. The average Bonchev–Trinajstić information content (AvgIpc) is 2.36. The number of ether oxygens (including phenoxy) is 3. The van der Waals surface area contributed by atoms with Crippen LogP contribution in [0.4, 0.5) is 0 Å². The van der Waals surface area contributed by atoms with Crippen molar-refractivity contribution in [2.45, 2.75) is 6.92 Å². The van der Waals surface area contributed by atoms with Gasteiger partial charge in [-0.25, -0.2) is 0 Å². The number of benzene rings is 1. The minimum atomic E-state index is 0.605. The molecule has 0 saturated heterocycles. The Morgan fingerprint density at radius 1 is 0.941 bits per heavy atom. The molecule has 0 bridgehead atoms. The fourth-order valence-corrected chi connectivity index (χ4v) is 1.87. The van der Waals surface area contributed by atoms with Crippen LogP contribution in [0.25, 0.3) is 10.8 Å². The summed E-state index contributed by atoms with van der Waals surface area (Å²) in [5, 5.41) is 1.93. The lowest BCUT2D eigenvalue weighted by molar-refractivity contribution is 0.327. The number of rotatable bonds is 3. The van der Waals surface area contributed by atoms with Crippen LogP contribution < -0.4 is 14.2 Å². The van der Waals surface area contributed by atoms with Gasteiger partial charge in [-0.15, -0.1) is 0 Å². The van der Waals surface area contributed by atoms with E-state index in [9.17, 15) is 0 Å². The van der Waals surface area contributed by atoms with Gasteiger partial charge in [-0.2, -0.15) is 0 Å². The maximum absolute atomic E-state index is 5.41. The quantitative estimate of drug-likeness (QED) is 0.817. The summed E-state index contributed by atoms with van der Waals surface area (Å²) in [5.74, 6) is 1.92. The second-order valence-electron chi connectivity index (χ2n) is 3.69. The largest absolute Gasteiger partial charge is 0.493 e. The molecule has 4 nitrogen and oxygen atoms in total. The molecular weight excluding hydrogens is 218 g/mol. The zero-order chi connectivity index (χ0) is 12.4. The predicted molar refractivity (Wildman–Crippen MR) is 66.1 cm³/mol. The Morgan fingerprint density at radius 3 is 2.24 bits per heavy atom. The zero-order valence-corrected chi connectivity index (χ0v) is 10.4. The summed E-state index contributed by atoms with van der Waals surface area (Å²) in [5.41, 5.74) is 0.933. The molecule has 0 fully saturated rings.